The molecule has 2 aromatic rings. The van der Waals surface area contributed by atoms with E-state index in [1.807, 2.05) is 0 Å². The highest BCUT2D eigenvalue weighted by Crippen LogP contribution is 2.17. The first kappa shape index (κ1) is 13.6. The number of rotatable bonds is 4. The molecule has 0 saturated carbocycles. The summed E-state index contributed by atoms with van der Waals surface area (Å²) in [6.07, 6.45) is 1.56. The Kier molecular flexibility index (Phi) is 3.69. The van der Waals surface area contributed by atoms with Gasteiger partial charge in [-0.15, -0.1) is 5.10 Å². The maximum atomic E-state index is 12.1. The molecule has 2 amide bonds. The second kappa shape index (κ2) is 5.43. The number of carbonyl (C=O) groups excluding carboxylic acids is 2. The van der Waals surface area contributed by atoms with E-state index in [4.69, 9.17) is 10.5 Å². The normalized spacial score (nSPS) is 10.1. The van der Waals surface area contributed by atoms with E-state index >= 15 is 0 Å². The molecule has 0 bridgehead atoms. The van der Waals surface area contributed by atoms with Gasteiger partial charge in [0, 0.05) is 24.5 Å². The Labute approximate surface area is 115 Å². The first-order chi connectivity index (χ1) is 9.51. The van der Waals surface area contributed by atoms with E-state index in [9.17, 15) is 9.59 Å². The first-order valence-electron chi connectivity index (χ1n) is 5.80. The maximum absolute atomic E-state index is 12.1. The Balaban J connectivity index is 2.16. The largest absolute Gasteiger partial charge is 0.479 e. The lowest BCUT2D eigenvalue weighted by atomic mass is 10.2. The first-order valence-corrected chi connectivity index (χ1v) is 5.80. The quantitative estimate of drug-likeness (QED) is 0.860. The van der Waals surface area contributed by atoms with Crippen molar-refractivity contribution in [2.75, 3.05) is 12.4 Å². The number of amides is 2. The third-order valence-electron chi connectivity index (χ3n) is 2.66. The van der Waals surface area contributed by atoms with Crippen LogP contribution >= 0.6 is 0 Å². The molecule has 1 aromatic carbocycles. The highest BCUT2D eigenvalue weighted by atomic mass is 16.5. The molecular formula is C13H14N4O3. The van der Waals surface area contributed by atoms with Gasteiger partial charge in [0.25, 0.3) is 5.91 Å². The molecule has 0 spiro atoms. The van der Waals surface area contributed by atoms with E-state index in [-0.39, 0.29) is 11.8 Å². The Morgan fingerprint density at radius 1 is 1.30 bits per heavy atom. The lowest BCUT2D eigenvalue weighted by Gasteiger charge is -2.05. The molecule has 0 atom stereocenters. The summed E-state index contributed by atoms with van der Waals surface area (Å²) in [5.74, 6) is -0.614. The van der Waals surface area contributed by atoms with Gasteiger partial charge in [0.2, 0.25) is 11.8 Å². The van der Waals surface area contributed by atoms with Crippen LogP contribution in [0.25, 0.3) is 0 Å². The number of carbonyl (C=O) groups is 2. The molecule has 7 nitrogen and oxygen atoms in total. The van der Waals surface area contributed by atoms with Crippen molar-refractivity contribution in [2.24, 2.45) is 12.8 Å². The molecule has 0 fully saturated rings. The third-order valence-corrected chi connectivity index (χ3v) is 2.66. The topological polar surface area (TPSA) is 99.2 Å². The van der Waals surface area contributed by atoms with Crippen LogP contribution in [0.15, 0.2) is 30.5 Å². The number of aromatic nitrogens is 2. The summed E-state index contributed by atoms with van der Waals surface area (Å²) in [4.78, 5) is 23.0. The molecular weight excluding hydrogens is 260 g/mol. The number of aryl methyl sites for hydroxylation is 1. The fourth-order valence-electron chi connectivity index (χ4n) is 1.69. The minimum Gasteiger partial charge on any atom is -0.479 e. The third kappa shape index (κ3) is 2.77. The molecule has 20 heavy (non-hydrogen) atoms. The lowest BCUT2D eigenvalue weighted by Crippen LogP contribution is -2.13. The van der Waals surface area contributed by atoms with Gasteiger partial charge in [-0.25, -0.2) is 0 Å². The Morgan fingerprint density at radius 3 is 2.50 bits per heavy atom. The monoisotopic (exact) mass is 274 g/mol. The molecule has 0 radical (unpaired) electrons. The number of nitrogens with two attached hydrogens (primary N) is 1. The fraction of sp³-hybridized carbons (Fsp3) is 0.154. The van der Waals surface area contributed by atoms with Gasteiger partial charge in [0.1, 0.15) is 5.56 Å². The number of nitrogens with one attached hydrogen (secondary N) is 1. The average molecular weight is 274 g/mol. The number of nitrogens with zero attached hydrogens (tertiary/aromatic N) is 2. The Hall–Kier alpha value is -2.83. The van der Waals surface area contributed by atoms with E-state index in [2.05, 4.69) is 10.4 Å². The molecule has 0 aliphatic rings. The molecule has 104 valence electrons. The van der Waals surface area contributed by atoms with Crippen LogP contribution in [-0.4, -0.2) is 28.7 Å². The van der Waals surface area contributed by atoms with Gasteiger partial charge in [0.05, 0.1) is 7.11 Å². The van der Waals surface area contributed by atoms with Gasteiger partial charge in [-0.05, 0) is 24.3 Å². The zero-order valence-corrected chi connectivity index (χ0v) is 11.1. The zero-order valence-electron chi connectivity index (χ0n) is 11.1. The number of hydrogen-bond donors (Lipinski definition) is 2. The van der Waals surface area contributed by atoms with E-state index in [1.54, 1.807) is 37.5 Å². The summed E-state index contributed by atoms with van der Waals surface area (Å²) >= 11 is 0. The molecule has 0 aliphatic heterocycles. The molecule has 0 saturated heterocycles. The summed E-state index contributed by atoms with van der Waals surface area (Å²) in [5.41, 5.74) is 6.39. The van der Waals surface area contributed by atoms with E-state index in [0.717, 1.165) is 0 Å². The molecule has 0 unspecified atom stereocenters. The fourth-order valence-corrected chi connectivity index (χ4v) is 1.69. The lowest BCUT2D eigenvalue weighted by molar-refractivity contribution is 0.0998. The van der Waals surface area contributed by atoms with Crippen LogP contribution in [0.5, 0.6) is 5.88 Å². The number of methoxy groups -OCH3 is 1. The van der Waals surface area contributed by atoms with Gasteiger partial charge in [-0.2, -0.15) is 0 Å². The summed E-state index contributed by atoms with van der Waals surface area (Å²) in [6.45, 7) is 0. The van der Waals surface area contributed by atoms with Crippen LogP contribution in [0.1, 0.15) is 20.7 Å². The van der Waals surface area contributed by atoms with Crippen LogP contribution in [0.3, 0.4) is 0 Å². The van der Waals surface area contributed by atoms with Crippen molar-refractivity contribution in [1.29, 1.82) is 0 Å². The zero-order chi connectivity index (χ0) is 14.7. The molecule has 1 heterocycles. The molecule has 7 heteroatoms. The molecule has 3 N–H and O–H groups in total. The molecule has 1 aromatic heterocycles. The van der Waals surface area contributed by atoms with E-state index in [0.29, 0.717) is 16.8 Å². The second-order valence-corrected chi connectivity index (χ2v) is 4.12. The summed E-state index contributed by atoms with van der Waals surface area (Å²) in [7, 11) is 3.14. The van der Waals surface area contributed by atoms with Gasteiger partial charge in [-0.1, -0.05) is 0 Å². The van der Waals surface area contributed by atoms with Crippen molar-refractivity contribution in [3.05, 3.63) is 41.6 Å². The van der Waals surface area contributed by atoms with Gasteiger partial charge in [0.15, 0.2) is 0 Å². The van der Waals surface area contributed by atoms with Gasteiger partial charge >= 0.3 is 0 Å². The number of hydrogen-bond acceptors (Lipinski definition) is 4. The Bertz CT molecular complexity index is 646. The standard InChI is InChI=1S/C13H14N4O3/c1-17-7-10(13(16-17)20-2)12(19)15-9-5-3-8(4-6-9)11(14)18/h3-7H,1-2H3,(H2,14,18)(H,15,19). The average Bonchev–Trinajstić information content (AvgIpc) is 2.80. The van der Waals surface area contributed by atoms with Crippen LogP contribution in [-0.2, 0) is 7.05 Å². The van der Waals surface area contributed by atoms with Crippen molar-refractivity contribution in [1.82, 2.24) is 9.78 Å². The Morgan fingerprint density at radius 2 is 1.95 bits per heavy atom. The summed E-state index contributed by atoms with van der Waals surface area (Å²) in [6, 6.07) is 6.28. The van der Waals surface area contributed by atoms with E-state index in [1.165, 1.54) is 11.8 Å². The molecule has 2 rings (SSSR count). The number of ether oxygens (including phenoxy) is 1. The van der Waals surface area contributed by atoms with Gasteiger partial charge < -0.3 is 15.8 Å². The van der Waals surface area contributed by atoms with Gasteiger partial charge in [-0.3, -0.25) is 14.3 Å². The van der Waals surface area contributed by atoms with Crippen LogP contribution in [0.2, 0.25) is 0 Å². The van der Waals surface area contributed by atoms with Crippen molar-refractivity contribution in [3.8, 4) is 5.88 Å². The van der Waals surface area contributed by atoms with Crippen molar-refractivity contribution in [2.45, 2.75) is 0 Å². The minimum absolute atomic E-state index is 0.249. The van der Waals surface area contributed by atoms with Crippen molar-refractivity contribution < 1.29 is 14.3 Å². The molecule has 0 aliphatic carbocycles. The maximum Gasteiger partial charge on any atom is 0.262 e. The van der Waals surface area contributed by atoms with Crippen LogP contribution in [0, 0.1) is 0 Å². The highest BCUT2D eigenvalue weighted by Gasteiger charge is 2.16. The van der Waals surface area contributed by atoms with Crippen molar-refractivity contribution in [3.63, 3.8) is 0 Å². The smallest absolute Gasteiger partial charge is 0.262 e. The predicted molar refractivity (Wildman–Crippen MR) is 72.7 cm³/mol. The predicted octanol–water partition coefficient (Wildman–Crippen LogP) is 0.780. The van der Waals surface area contributed by atoms with Crippen LogP contribution in [0.4, 0.5) is 5.69 Å². The number of benzene rings is 1. The highest BCUT2D eigenvalue weighted by molar-refractivity contribution is 6.06. The van der Waals surface area contributed by atoms with Crippen LogP contribution < -0.4 is 15.8 Å². The summed E-state index contributed by atoms with van der Waals surface area (Å²) < 4.78 is 6.51. The van der Waals surface area contributed by atoms with Crippen molar-refractivity contribution >= 4 is 17.5 Å². The minimum atomic E-state index is -0.517. The number of anilines is 1. The second-order valence-electron chi connectivity index (χ2n) is 4.12. The summed E-state index contributed by atoms with van der Waals surface area (Å²) in [5, 5.41) is 6.69. The SMILES string of the molecule is COc1nn(C)cc1C(=O)Nc1ccc(C(N)=O)cc1. The number of primary amides is 1. The van der Waals surface area contributed by atoms with E-state index < -0.39 is 5.91 Å².